The van der Waals surface area contributed by atoms with Crippen molar-refractivity contribution in [1.82, 2.24) is 9.88 Å². The van der Waals surface area contributed by atoms with Gasteiger partial charge in [-0.3, -0.25) is 9.78 Å². The van der Waals surface area contributed by atoms with Crippen LogP contribution in [0.25, 0.3) is 0 Å². The third-order valence-electron chi connectivity index (χ3n) is 3.66. The van der Waals surface area contributed by atoms with E-state index in [0.29, 0.717) is 12.8 Å². The first kappa shape index (κ1) is 16.7. The number of pyridine rings is 1. The number of halogens is 3. The molecule has 0 spiro atoms. The van der Waals surface area contributed by atoms with Gasteiger partial charge in [-0.1, -0.05) is 0 Å². The third-order valence-corrected chi connectivity index (χ3v) is 5.47. The van der Waals surface area contributed by atoms with Crippen molar-refractivity contribution in [2.75, 3.05) is 18.6 Å². The molecule has 5 nitrogen and oxygen atoms in total. The Kier molecular flexibility index (Phi) is 4.46. The molecule has 0 bridgehead atoms. The molecule has 0 radical (unpaired) electrons. The van der Waals surface area contributed by atoms with Gasteiger partial charge in [-0.2, -0.15) is 13.2 Å². The Morgan fingerprint density at radius 1 is 1.41 bits per heavy atom. The first-order valence-corrected chi connectivity index (χ1v) is 8.43. The van der Waals surface area contributed by atoms with Gasteiger partial charge in [0.2, 0.25) is 0 Å². The summed E-state index contributed by atoms with van der Waals surface area (Å²) in [6, 6.07) is 0.117. The maximum absolute atomic E-state index is 12.9. The highest BCUT2D eigenvalue weighted by Crippen LogP contribution is 2.32. The first-order chi connectivity index (χ1) is 10.1. The van der Waals surface area contributed by atoms with E-state index in [1.807, 2.05) is 0 Å². The van der Waals surface area contributed by atoms with Gasteiger partial charge in [-0.25, -0.2) is 8.42 Å². The Labute approximate surface area is 126 Å². The largest absolute Gasteiger partial charge is 0.417 e. The van der Waals surface area contributed by atoms with E-state index in [9.17, 15) is 26.4 Å². The normalized spacial score (nSPS) is 21.4. The molecule has 1 saturated heterocycles. The van der Waals surface area contributed by atoms with Crippen LogP contribution in [0.5, 0.6) is 0 Å². The second-order valence-electron chi connectivity index (χ2n) is 5.25. The lowest BCUT2D eigenvalue weighted by Gasteiger charge is -2.31. The molecule has 1 aliphatic heterocycles. The van der Waals surface area contributed by atoms with Gasteiger partial charge in [0.25, 0.3) is 5.91 Å². The summed E-state index contributed by atoms with van der Waals surface area (Å²) in [5, 5.41) is 0. The smallest absolute Gasteiger partial charge is 0.338 e. The molecule has 122 valence electrons. The molecule has 2 rings (SSSR count). The van der Waals surface area contributed by atoms with E-state index < -0.39 is 39.1 Å². The van der Waals surface area contributed by atoms with Gasteiger partial charge in [-0.05, 0) is 18.9 Å². The molecule has 1 atom stereocenters. The highest BCUT2D eigenvalue weighted by atomic mass is 32.2. The van der Waals surface area contributed by atoms with Crippen molar-refractivity contribution in [2.24, 2.45) is 0 Å². The molecule has 1 unspecified atom stereocenters. The highest BCUT2D eigenvalue weighted by Gasteiger charge is 2.37. The van der Waals surface area contributed by atoms with Gasteiger partial charge in [0.05, 0.1) is 22.6 Å². The SMILES string of the molecule is CN(C(=O)c1cnccc1C(F)(F)F)C1CCCS(=O)(=O)C1. The number of carbonyl (C=O) groups excluding carboxylic acids is 1. The Hall–Kier alpha value is -1.64. The lowest BCUT2D eigenvalue weighted by Crippen LogP contribution is -2.45. The molecule has 1 aromatic rings. The number of hydrogen-bond donors (Lipinski definition) is 0. The monoisotopic (exact) mass is 336 g/mol. The maximum Gasteiger partial charge on any atom is 0.417 e. The zero-order valence-corrected chi connectivity index (χ0v) is 12.6. The van der Waals surface area contributed by atoms with E-state index in [4.69, 9.17) is 0 Å². The summed E-state index contributed by atoms with van der Waals surface area (Å²) < 4.78 is 62.1. The molecule has 2 heterocycles. The van der Waals surface area contributed by atoms with Crippen molar-refractivity contribution in [3.8, 4) is 0 Å². The van der Waals surface area contributed by atoms with Crippen molar-refractivity contribution in [1.29, 1.82) is 0 Å². The van der Waals surface area contributed by atoms with Gasteiger partial charge in [0.15, 0.2) is 9.84 Å². The van der Waals surface area contributed by atoms with Crippen LogP contribution in [0.2, 0.25) is 0 Å². The van der Waals surface area contributed by atoms with Gasteiger partial charge in [0.1, 0.15) is 0 Å². The number of hydrogen-bond acceptors (Lipinski definition) is 4. The molecule has 1 aromatic heterocycles. The van der Waals surface area contributed by atoms with Gasteiger partial charge in [-0.15, -0.1) is 0 Å². The number of amides is 1. The molecule has 0 aromatic carbocycles. The quantitative estimate of drug-likeness (QED) is 0.825. The highest BCUT2D eigenvalue weighted by molar-refractivity contribution is 7.91. The number of carbonyl (C=O) groups is 1. The minimum Gasteiger partial charge on any atom is -0.338 e. The second kappa shape index (κ2) is 5.86. The fourth-order valence-electron chi connectivity index (χ4n) is 2.47. The molecule has 0 aliphatic carbocycles. The minimum absolute atomic E-state index is 0.0478. The lowest BCUT2D eigenvalue weighted by atomic mass is 10.1. The number of rotatable bonds is 2. The molecule has 1 fully saturated rings. The van der Waals surface area contributed by atoms with Crippen molar-refractivity contribution >= 4 is 15.7 Å². The molecular formula is C13H15F3N2O3S. The van der Waals surface area contributed by atoms with Crippen LogP contribution in [-0.4, -0.2) is 48.8 Å². The second-order valence-corrected chi connectivity index (χ2v) is 7.47. The van der Waals surface area contributed by atoms with Crippen LogP contribution < -0.4 is 0 Å². The summed E-state index contributed by atoms with van der Waals surface area (Å²) in [7, 11) is -1.94. The summed E-state index contributed by atoms with van der Waals surface area (Å²) in [4.78, 5) is 17.0. The maximum atomic E-state index is 12.9. The standard InChI is InChI=1S/C13H15F3N2O3S/c1-18(9-3-2-6-22(20,21)8-9)12(19)10-7-17-5-4-11(10)13(14,15)16/h4-5,7,9H,2-3,6,8H2,1H3. The summed E-state index contributed by atoms with van der Waals surface area (Å²) in [6.07, 6.45) is -2.01. The predicted molar refractivity (Wildman–Crippen MR) is 73.0 cm³/mol. The zero-order valence-electron chi connectivity index (χ0n) is 11.8. The Bertz CT molecular complexity index is 673. The van der Waals surface area contributed by atoms with Crippen LogP contribution in [0.3, 0.4) is 0 Å². The lowest BCUT2D eigenvalue weighted by molar-refractivity contribution is -0.138. The number of nitrogens with zero attached hydrogens (tertiary/aromatic N) is 2. The van der Waals surface area contributed by atoms with E-state index in [0.717, 1.165) is 23.4 Å². The molecule has 0 saturated carbocycles. The molecule has 22 heavy (non-hydrogen) atoms. The van der Waals surface area contributed by atoms with Gasteiger partial charge >= 0.3 is 6.18 Å². The zero-order chi connectivity index (χ0) is 16.5. The first-order valence-electron chi connectivity index (χ1n) is 6.60. The topological polar surface area (TPSA) is 67.3 Å². The molecule has 9 heteroatoms. The number of sulfone groups is 1. The average Bonchev–Trinajstić information content (AvgIpc) is 2.43. The molecule has 1 amide bonds. The minimum atomic E-state index is -4.67. The van der Waals surface area contributed by atoms with Crippen molar-refractivity contribution < 1.29 is 26.4 Å². The van der Waals surface area contributed by atoms with Gasteiger partial charge in [0, 0.05) is 25.5 Å². The Morgan fingerprint density at radius 3 is 2.68 bits per heavy atom. The van der Waals surface area contributed by atoms with E-state index in [1.165, 1.54) is 7.05 Å². The van der Waals surface area contributed by atoms with Crippen LogP contribution in [0, 0.1) is 0 Å². The molecule has 1 aliphatic rings. The van der Waals surface area contributed by atoms with Crippen LogP contribution in [0.1, 0.15) is 28.8 Å². The van der Waals surface area contributed by atoms with Crippen molar-refractivity contribution in [2.45, 2.75) is 25.1 Å². The average molecular weight is 336 g/mol. The Morgan fingerprint density at radius 2 is 2.09 bits per heavy atom. The molecular weight excluding hydrogens is 321 g/mol. The summed E-state index contributed by atoms with van der Waals surface area (Å²) in [6.45, 7) is 0. The summed E-state index contributed by atoms with van der Waals surface area (Å²) in [5.74, 6) is -1.05. The number of alkyl halides is 3. The van der Waals surface area contributed by atoms with Crippen LogP contribution >= 0.6 is 0 Å². The van der Waals surface area contributed by atoms with Crippen LogP contribution in [0.15, 0.2) is 18.5 Å². The Balaban J connectivity index is 2.29. The van der Waals surface area contributed by atoms with E-state index in [1.54, 1.807) is 0 Å². The fourth-order valence-corrected chi connectivity index (χ4v) is 4.22. The molecule has 0 N–H and O–H groups in total. The van der Waals surface area contributed by atoms with E-state index in [2.05, 4.69) is 4.98 Å². The van der Waals surface area contributed by atoms with Crippen LogP contribution in [0.4, 0.5) is 13.2 Å². The van der Waals surface area contributed by atoms with Crippen molar-refractivity contribution in [3.63, 3.8) is 0 Å². The predicted octanol–water partition coefficient (Wildman–Crippen LogP) is 1.75. The van der Waals surface area contributed by atoms with E-state index >= 15 is 0 Å². The fraction of sp³-hybridized carbons (Fsp3) is 0.538. The van der Waals surface area contributed by atoms with E-state index in [-0.39, 0.29) is 11.5 Å². The third kappa shape index (κ3) is 3.57. The van der Waals surface area contributed by atoms with Gasteiger partial charge < -0.3 is 4.90 Å². The summed E-state index contributed by atoms with van der Waals surface area (Å²) >= 11 is 0. The van der Waals surface area contributed by atoms with Crippen LogP contribution in [-0.2, 0) is 16.0 Å². The number of aromatic nitrogens is 1. The summed E-state index contributed by atoms with van der Waals surface area (Å²) in [5.41, 5.74) is -1.64. The van der Waals surface area contributed by atoms with Crippen molar-refractivity contribution in [3.05, 3.63) is 29.6 Å².